The Balaban J connectivity index is 1.86. The SMILES string of the molecule is O=C(NCC(O)C(F)F)c1n[nH]c(C2CC2)n1. The first-order valence-corrected chi connectivity index (χ1v) is 5.24. The Hall–Kier alpha value is -1.57. The molecule has 0 aliphatic heterocycles. The lowest BCUT2D eigenvalue weighted by atomic mass is 10.3. The molecule has 1 atom stereocenters. The molecule has 1 aliphatic rings. The maximum Gasteiger partial charge on any atom is 0.291 e. The van der Waals surface area contributed by atoms with Crippen molar-refractivity contribution in [2.75, 3.05) is 6.54 Å². The fourth-order valence-electron chi connectivity index (χ4n) is 1.28. The number of aliphatic hydroxyl groups excluding tert-OH is 1. The van der Waals surface area contributed by atoms with Crippen molar-refractivity contribution in [1.29, 1.82) is 0 Å². The van der Waals surface area contributed by atoms with Crippen LogP contribution in [0.15, 0.2) is 0 Å². The molecule has 94 valence electrons. The standard InChI is InChI=1S/C9H12F2N4O2/c10-6(11)5(16)3-12-9(17)8-13-7(14-15-8)4-1-2-4/h4-6,16H,1-3H2,(H,12,17)(H,13,14,15). The summed E-state index contributed by atoms with van der Waals surface area (Å²) < 4.78 is 23.9. The van der Waals surface area contributed by atoms with Gasteiger partial charge in [-0.05, 0) is 12.8 Å². The van der Waals surface area contributed by atoms with Gasteiger partial charge < -0.3 is 10.4 Å². The van der Waals surface area contributed by atoms with Gasteiger partial charge in [-0.2, -0.15) is 0 Å². The zero-order chi connectivity index (χ0) is 12.4. The summed E-state index contributed by atoms with van der Waals surface area (Å²) in [7, 11) is 0. The van der Waals surface area contributed by atoms with E-state index in [-0.39, 0.29) is 5.82 Å². The van der Waals surface area contributed by atoms with Crippen LogP contribution in [0.25, 0.3) is 0 Å². The molecule has 1 aromatic rings. The molecule has 2 rings (SSSR count). The highest BCUT2D eigenvalue weighted by molar-refractivity contribution is 5.90. The summed E-state index contributed by atoms with van der Waals surface area (Å²) in [6.07, 6.45) is -2.73. The van der Waals surface area contributed by atoms with Gasteiger partial charge in [0, 0.05) is 12.5 Å². The number of hydrogen-bond donors (Lipinski definition) is 3. The quantitative estimate of drug-likeness (QED) is 0.684. The van der Waals surface area contributed by atoms with Gasteiger partial charge in [0.2, 0.25) is 5.82 Å². The molecule has 0 radical (unpaired) electrons. The van der Waals surface area contributed by atoms with E-state index in [0.717, 1.165) is 12.8 Å². The van der Waals surface area contributed by atoms with E-state index in [2.05, 4.69) is 20.5 Å². The van der Waals surface area contributed by atoms with Crippen LogP contribution in [-0.4, -0.2) is 45.3 Å². The lowest BCUT2D eigenvalue weighted by Crippen LogP contribution is -2.36. The molecule has 1 aromatic heterocycles. The van der Waals surface area contributed by atoms with Crippen molar-refractivity contribution in [2.45, 2.75) is 31.3 Å². The van der Waals surface area contributed by atoms with Crippen molar-refractivity contribution in [3.05, 3.63) is 11.6 Å². The van der Waals surface area contributed by atoms with Crippen molar-refractivity contribution < 1.29 is 18.7 Å². The number of nitrogens with zero attached hydrogens (tertiary/aromatic N) is 2. The molecule has 0 aromatic carbocycles. The van der Waals surface area contributed by atoms with Crippen LogP contribution in [-0.2, 0) is 0 Å². The predicted octanol–water partition coefficient (Wildman–Crippen LogP) is 0.0379. The molecule has 1 fully saturated rings. The summed E-state index contributed by atoms with van der Waals surface area (Å²) in [4.78, 5) is 15.4. The van der Waals surface area contributed by atoms with Gasteiger partial charge >= 0.3 is 0 Å². The molecule has 1 amide bonds. The van der Waals surface area contributed by atoms with Crippen LogP contribution in [0.3, 0.4) is 0 Å². The Labute approximate surface area is 95.4 Å². The topological polar surface area (TPSA) is 90.9 Å². The van der Waals surface area contributed by atoms with Gasteiger partial charge in [-0.1, -0.05) is 0 Å². The Morgan fingerprint density at radius 3 is 2.88 bits per heavy atom. The maximum absolute atomic E-state index is 12.0. The third-order valence-corrected chi connectivity index (χ3v) is 2.43. The minimum atomic E-state index is -2.88. The minimum Gasteiger partial charge on any atom is -0.385 e. The van der Waals surface area contributed by atoms with Crippen molar-refractivity contribution in [3.63, 3.8) is 0 Å². The second kappa shape index (κ2) is 4.74. The smallest absolute Gasteiger partial charge is 0.291 e. The average molecular weight is 246 g/mol. The van der Waals surface area contributed by atoms with E-state index in [4.69, 9.17) is 5.11 Å². The zero-order valence-corrected chi connectivity index (χ0v) is 8.86. The number of alkyl halides is 2. The Kier molecular flexibility index (Phi) is 3.32. The number of nitrogens with one attached hydrogen (secondary N) is 2. The van der Waals surface area contributed by atoms with Gasteiger partial charge in [-0.15, -0.1) is 5.10 Å². The van der Waals surface area contributed by atoms with Crippen LogP contribution >= 0.6 is 0 Å². The number of aromatic amines is 1. The van der Waals surface area contributed by atoms with Gasteiger partial charge in [-0.25, -0.2) is 13.8 Å². The summed E-state index contributed by atoms with van der Waals surface area (Å²) in [5.41, 5.74) is 0. The largest absolute Gasteiger partial charge is 0.385 e. The summed E-state index contributed by atoms with van der Waals surface area (Å²) in [5.74, 6) is 0.210. The van der Waals surface area contributed by atoms with Gasteiger partial charge in [-0.3, -0.25) is 9.89 Å². The van der Waals surface area contributed by atoms with Crippen LogP contribution < -0.4 is 5.32 Å². The second-order valence-corrected chi connectivity index (χ2v) is 3.93. The number of halogens is 2. The van der Waals surface area contributed by atoms with E-state index in [1.54, 1.807) is 0 Å². The highest BCUT2D eigenvalue weighted by Gasteiger charge is 2.28. The van der Waals surface area contributed by atoms with E-state index in [0.29, 0.717) is 11.7 Å². The number of carbonyl (C=O) groups excluding carboxylic acids is 1. The number of H-pyrrole nitrogens is 1. The zero-order valence-electron chi connectivity index (χ0n) is 8.86. The molecule has 0 saturated heterocycles. The molecule has 8 heteroatoms. The first kappa shape index (κ1) is 11.9. The Bertz CT molecular complexity index is 405. The van der Waals surface area contributed by atoms with E-state index >= 15 is 0 Å². The van der Waals surface area contributed by atoms with E-state index in [1.807, 2.05) is 0 Å². The van der Waals surface area contributed by atoms with Crippen LogP contribution in [0.2, 0.25) is 0 Å². The molecule has 6 nitrogen and oxygen atoms in total. The molecule has 0 bridgehead atoms. The van der Waals surface area contributed by atoms with Crippen molar-refractivity contribution in [3.8, 4) is 0 Å². The number of amides is 1. The monoisotopic (exact) mass is 246 g/mol. The van der Waals surface area contributed by atoms with Crippen molar-refractivity contribution >= 4 is 5.91 Å². The summed E-state index contributed by atoms with van der Waals surface area (Å²) in [5, 5.41) is 17.3. The molecular formula is C9H12F2N4O2. The van der Waals surface area contributed by atoms with Gasteiger partial charge in [0.05, 0.1) is 0 Å². The molecule has 1 unspecified atom stereocenters. The fraction of sp³-hybridized carbons (Fsp3) is 0.667. The molecule has 17 heavy (non-hydrogen) atoms. The minimum absolute atomic E-state index is 0.0895. The molecule has 3 N–H and O–H groups in total. The van der Waals surface area contributed by atoms with Crippen LogP contribution in [0.5, 0.6) is 0 Å². The third-order valence-electron chi connectivity index (χ3n) is 2.43. The van der Waals surface area contributed by atoms with Crippen molar-refractivity contribution in [2.24, 2.45) is 0 Å². The summed E-state index contributed by atoms with van der Waals surface area (Å²) in [6.45, 7) is -0.524. The first-order valence-electron chi connectivity index (χ1n) is 5.24. The van der Waals surface area contributed by atoms with Crippen molar-refractivity contribution in [1.82, 2.24) is 20.5 Å². The molecule has 1 heterocycles. The molecular weight excluding hydrogens is 234 g/mol. The van der Waals surface area contributed by atoms with E-state index in [9.17, 15) is 13.6 Å². The van der Waals surface area contributed by atoms with Crippen LogP contribution in [0.4, 0.5) is 8.78 Å². The normalized spacial score (nSPS) is 17.2. The predicted molar refractivity (Wildman–Crippen MR) is 52.7 cm³/mol. The van der Waals surface area contributed by atoms with Gasteiger partial charge in [0.1, 0.15) is 11.9 Å². The number of aliphatic hydroxyl groups is 1. The highest BCUT2D eigenvalue weighted by atomic mass is 19.3. The van der Waals surface area contributed by atoms with E-state index < -0.39 is 25.0 Å². The molecule has 0 spiro atoms. The summed E-state index contributed by atoms with van der Waals surface area (Å²) >= 11 is 0. The molecule has 1 saturated carbocycles. The maximum atomic E-state index is 12.0. The third kappa shape index (κ3) is 2.96. The number of rotatable bonds is 5. The first-order chi connectivity index (χ1) is 8.08. The lowest BCUT2D eigenvalue weighted by molar-refractivity contribution is -0.00275. The lowest BCUT2D eigenvalue weighted by Gasteiger charge is -2.08. The number of aromatic nitrogens is 3. The number of carbonyl (C=O) groups is 1. The number of hydrogen-bond acceptors (Lipinski definition) is 4. The van der Waals surface area contributed by atoms with E-state index in [1.165, 1.54) is 0 Å². The Morgan fingerprint density at radius 1 is 1.59 bits per heavy atom. The van der Waals surface area contributed by atoms with Crippen LogP contribution in [0.1, 0.15) is 35.2 Å². The highest BCUT2D eigenvalue weighted by Crippen LogP contribution is 2.37. The molecule has 1 aliphatic carbocycles. The van der Waals surface area contributed by atoms with Gasteiger partial charge in [0.15, 0.2) is 0 Å². The van der Waals surface area contributed by atoms with Crippen LogP contribution in [0, 0.1) is 0 Å². The summed E-state index contributed by atoms with van der Waals surface area (Å²) in [6, 6.07) is 0. The Morgan fingerprint density at radius 2 is 2.29 bits per heavy atom. The fourth-order valence-corrected chi connectivity index (χ4v) is 1.28. The second-order valence-electron chi connectivity index (χ2n) is 3.93. The van der Waals surface area contributed by atoms with Gasteiger partial charge in [0.25, 0.3) is 12.3 Å². The average Bonchev–Trinajstić information content (AvgIpc) is 3.03.